The van der Waals surface area contributed by atoms with Gasteiger partial charge in [-0.1, -0.05) is 5.16 Å². The molecule has 3 heterocycles. The molecular formula is C12H13N3O2S. The first-order valence-corrected chi connectivity index (χ1v) is 6.82. The SMILES string of the molecule is Cc1cc(C2CCCN2C(=O)c2cscn2)on1. The fraction of sp³-hybridized carbons (Fsp3) is 0.417. The van der Waals surface area contributed by atoms with Crippen molar-refractivity contribution < 1.29 is 9.32 Å². The molecule has 1 aliphatic heterocycles. The Morgan fingerprint density at radius 2 is 2.50 bits per heavy atom. The number of carbonyl (C=O) groups is 1. The van der Waals surface area contributed by atoms with Crippen molar-refractivity contribution in [1.82, 2.24) is 15.0 Å². The number of carbonyl (C=O) groups excluding carboxylic acids is 1. The summed E-state index contributed by atoms with van der Waals surface area (Å²) >= 11 is 1.43. The predicted octanol–water partition coefficient (Wildman–Crippen LogP) is 2.42. The Morgan fingerprint density at radius 3 is 3.17 bits per heavy atom. The topological polar surface area (TPSA) is 59.2 Å². The molecule has 2 aromatic rings. The minimum absolute atomic E-state index is 0.000370. The third-order valence-corrected chi connectivity index (χ3v) is 3.73. The number of aromatic nitrogens is 2. The zero-order valence-electron chi connectivity index (χ0n) is 10.00. The Bertz CT molecular complexity index is 549. The maximum absolute atomic E-state index is 12.3. The van der Waals surface area contributed by atoms with Gasteiger partial charge in [-0.2, -0.15) is 0 Å². The third-order valence-electron chi connectivity index (χ3n) is 3.14. The van der Waals surface area contributed by atoms with Gasteiger partial charge in [0.05, 0.1) is 17.2 Å². The average Bonchev–Trinajstić information content (AvgIpc) is 3.09. The zero-order valence-corrected chi connectivity index (χ0v) is 10.8. The van der Waals surface area contributed by atoms with Gasteiger partial charge in [-0.25, -0.2) is 4.98 Å². The van der Waals surface area contributed by atoms with E-state index in [1.165, 1.54) is 11.3 Å². The molecule has 18 heavy (non-hydrogen) atoms. The number of nitrogens with zero attached hydrogens (tertiary/aromatic N) is 3. The standard InChI is InChI=1S/C12H13N3O2S/c1-8-5-11(17-14-8)10-3-2-4-15(10)12(16)9-6-18-7-13-9/h5-7,10H,2-4H2,1H3. The van der Waals surface area contributed by atoms with Crippen molar-refractivity contribution in [3.05, 3.63) is 34.1 Å². The Labute approximate surface area is 108 Å². The maximum Gasteiger partial charge on any atom is 0.273 e. The highest BCUT2D eigenvalue weighted by atomic mass is 32.1. The van der Waals surface area contributed by atoms with E-state index in [-0.39, 0.29) is 11.9 Å². The minimum Gasteiger partial charge on any atom is -0.359 e. The summed E-state index contributed by atoms with van der Waals surface area (Å²) < 4.78 is 5.28. The van der Waals surface area contributed by atoms with Gasteiger partial charge >= 0.3 is 0 Å². The molecule has 0 aromatic carbocycles. The van der Waals surface area contributed by atoms with Crippen molar-refractivity contribution in [2.75, 3.05) is 6.54 Å². The van der Waals surface area contributed by atoms with Crippen LogP contribution in [0.15, 0.2) is 21.5 Å². The molecule has 0 spiro atoms. The third kappa shape index (κ3) is 1.92. The van der Waals surface area contributed by atoms with Crippen LogP contribution in [0, 0.1) is 6.92 Å². The van der Waals surface area contributed by atoms with E-state index >= 15 is 0 Å². The first-order valence-electron chi connectivity index (χ1n) is 5.88. The maximum atomic E-state index is 12.3. The summed E-state index contributed by atoms with van der Waals surface area (Å²) in [5.74, 6) is 0.751. The Morgan fingerprint density at radius 1 is 1.61 bits per heavy atom. The average molecular weight is 263 g/mol. The van der Waals surface area contributed by atoms with Crippen LogP contribution in [0.1, 0.15) is 40.8 Å². The van der Waals surface area contributed by atoms with Crippen molar-refractivity contribution in [2.45, 2.75) is 25.8 Å². The van der Waals surface area contributed by atoms with E-state index in [1.54, 1.807) is 10.9 Å². The van der Waals surface area contributed by atoms with E-state index in [0.29, 0.717) is 5.69 Å². The van der Waals surface area contributed by atoms with Crippen LogP contribution in [-0.4, -0.2) is 27.5 Å². The molecule has 0 aliphatic carbocycles. The minimum atomic E-state index is -0.0206. The predicted molar refractivity (Wildman–Crippen MR) is 66.4 cm³/mol. The van der Waals surface area contributed by atoms with Gasteiger partial charge in [0.25, 0.3) is 5.91 Å². The highest BCUT2D eigenvalue weighted by molar-refractivity contribution is 7.07. The molecular weight excluding hydrogens is 250 g/mol. The Hall–Kier alpha value is -1.69. The van der Waals surface area contributed by atoms with Crippen LogP contribution in [0.4, 0.5) is 0 Å². The number of aryl methyl sites for hydroxylation is 1. The van der Waals surface area contributed by atoms with Crippen LogP contribution in [-0.2, 0) is 0 Å². The molecule has 0 radical (unpaired) electrons. The molecule has 3 rings (SSSR count). The van der Waals surface area contributed by atoms with Crippen molar-refractivity contribution in [1.29, 1.82) is 0 Å². The van der Waals surface area contributed by atoms with E-state index in [0.717, 1.165) is 30.8 Å². The molecule has 1 aliphatic rings. The summed E-state index contributed by atoms with van der Waals surface area (Å²) in [6, 6.07) is 1.90. The number of thiazole rings is 1. The van der Waals surface area contributed by atoms with Gasteiger partial charge in [-0.15, -0.1) is 11.3 Å². The van der Waals surface area contributed by atoms with Crippen LogP contribution in [0.5, 0.6) is 0 Å². The van der Waals surface area contributed by atoms with Crippen LogP contribution in [0.3, 0.4) is 0 Å². The summed E-state index contributed by atoms with van der Waals surface area (Å²) in [6.45, 7) is 2.63. The molecule has 5 nitrogen and oxygen atoms in total. The molecule has 0 saturated carbocycles. The lowest BCUT2D eigenvalue weighted by Gasteiger charge is -2.21. The quantitative estimate of drug-likeness (QED) is 0.835. The van der Waals surface area contributed by atoms with E-state index in [9.17, 15) is 4.79 Å². The summed E-state index contributed by atoms with van der Waals surface area (Å²) in [5, 5.41) is 5.67. The molecule has 2 aromatic heterocycles. The fourth-order valence-corrected chi connectivity index (χ4v) is 2.84. The second kappa shape index (κ2) is 4.53. The summed E-state index contributed by atoms with van der Waals surface area (Å²) in [4.78, 5) is 18.2. The second-order valence-electron chi connectivity index (χ2n) is 4.40. The van der Waals surface area contributed by atoms with Crippen LogP contribution in [0.2, 0.25) is 0 Å². The lowest BCUT2D eigenvalue weighted by molar-refractivity contribution is 0.0709. The summed E-state index contributed by atoms with van der Waals surface area (Å²) in [5.41, 5.74) is 3.04. The summed E-state index contributed by atoms with van der Waals surface area (Å²) in [6.07, 6.45) is 1.91. The van der Waals surface area contributed by atoms with E-state index in [1.807, 2.05) is 17.9 Å². The number of rotatable bonds is 2. The molecule has 1 saturated heterocycles. The fourth-order valence-electron chi connectivity index (χ4n) is 2.31. The molecule has 1 fully saturated rings. The van der Waals surface area contributed by atoms with Gasteiger partial charge in [0.15, 0.2) is 5.76 Å². The van der Waals surface area contributed by atoms with Crippen LogP contribution >= 0.6 is 11.3 Å². The van der Waals surface area contributed by atoms with Crippen molar-refractivity contribution in [2.24, 2.45) is 0 Å². The van der Waals surface area contributed by atoms with Gasteiger partial charge in [-0.3, -0.25) is 4.79 Å². The van der Waals surface area contributed by atoms with Gasteiger partial charge in [0.1, 0.15) is 5.69 Å². The molecule has 0 N–H and O–H groups in total. The van der Waals surface area contributed by atoms with E-state index in [2.05, 4.69) is 10.1 Å². The normalized spacial score (nSPS) is 19.4. The lowest BCUT2D eigenvalue weighted by atomic mass is 10.1. The smallest absolute Gasteiger partial charge is 0.273 e. The molecule has 94 valence electrons. The van der Waals surface area contributed by atoms with Crippen molar-refractivity contribution in [3.63, 3.8) is 0 Å². The van der Waals surface area contributed by atoms with Crippen molar-refractivity contribution in [3.8, 4) is 0 Å². The molecule has 6 heteroatoms. The van der Waals surface area contributed by atoms with Gasteiger partial charge < -0.3 is 9.42 Å². The Kier molecular flexibility index (Phi) is 2.87. The van der Waals surface area contributed by atoms with Gasteiger partial charge in [0.2, 0.25) is 0 Å². The van der Waals surface area contributed by atoms with Gasteiger partial charge in [-0.05, 0) is 19.8 Å². The van der Waals surface area contributed by atoms with Crippen LogP contribution < -0.4 is 0 Å². The number of hydrogen-bond acceptors (Lipinski definition) is 5. The Balaban J connectivity index is 1.85. The second-order valence-corrected chi connectivity index (χ2v) is 5.12. The van der Waals surface area contributed by atoms with Crippen molar-refractivity contribution >= 4 is 17.2 Å². The highest BCUT2D eigenvalue weighted by Gasteiger charge is 2.33. The molecule has 1 unspecified atom stereocenters. The number of likely N-dealkylation sites (tertiary alicyclic amines) is 1. The van der Waals surface area contributed by atoms with Crippen LogP contribution in [0.25, 0.3) is 0 Å². The van der Waals surface area contributed by atoms with E-state index < -0.39 is 0 Å². The van der Waals surface area contributed by atoms with Gasteiger partial charge in [0, 0.05) is 18.0 Å². The highest BCUT2D eigenvalue weighted by Crippen LogP contribution is 2.33. The lowest BCUT2D eigenvalue weighted by Crippen LogP contribution is -2.30. The largest absolute Gasteiger partial charge is 0.359 e. The zero-order chi connectivity index (χ0) is 12.5. The van der Waals surface area contributed by atoms with E-state index in [4.69, 9.17) is 4.52 Å². The first-order chi connectivity index (χ1) is 8.75. The number of amides is 1. The number of hydrogen-bond donors (Lipinski definition) is 0. The molecule has 1 amide bonds. The summed E-state index contributed by atoms with van der Waals surface area (Å²) in [7, 11) is 0. The molecule has 1 atom stereocenters. The monoisotopic (exact) mass is 263 g/mol. The molecule has 0 bridgehead atoms. The first kappa shape index (κ1) is 11.4.